The molecule has 0 aromatic carbocycles. The lowest BCUT2D eigenvalue weighted by Crippen LogP contribution is -2.42. The standard InChI is InChI=1S/C14H26N6/c1-10(2)18-13-12(15)14(17-9-16-13)20(4)11-5-7-19(3)8-6-11/h9-11H,5-8,15H2,1-4H3,(H,16,17,18). The average Bonchev–Trinajstić information content (AvgIpc) is 2.41. The lowest BCUT2D eigenvalue weighted by molar-refractivity contribution is 0.252. The molecule has 0 saturated carbocycles. The summed E-state index contributed by atoms with van der Waals surface area (Å²) >= 11 is 0. The van der Waals surface area contributed by atoms with Crippen LogP contribution < -0.4 is 16.0 Å². The van der Waals surface area contributed by atoms with Crippen LogP contribution in [0.2, 0.25) is 0 Å². The van der Waals surface area contributed by atoms with Crippen molar-refractivity contribution in [3.05, 3.63) is 6.33 Å². The number of nitrogen functional groups attached to an aromatic ring is 1. The van der Waals surface area contributed by atoms with Gasteiger partial charge in [-0.15, -0.1) is 0 Å². The van der Waals surface area contributed by atoms with Crippen LogP contribution in [0.15, 0.2) is 6.33 Å². The summed E-state index contributed by atoms with van der Waals surface area (Å²) in [4.78, 5) is 13.2. The highest BCUT2D eigenvalue weighted by molar-refractivity contribution is 5.75. The summed E-state index contributed by atoms with van der Waals surface area (Å²) in [6.45, 7) is 6.39. The Balaban J connectivity index is 2.15. The van der Waals surface area contributed by atoms with Crippen LogP contribution in [0, 0.1) is 0 Å². The fraction of sp³-hybridized carbons (Fsp3) is 0.714. The quantitative estimate of drug-likeness (QED) is 0.868. The number of nitrogens with one attached hydrogen (secondary N) is 1. The van der Waals surface area contributed by atoms with Crippen LogP contribution in [0.3, 0.4) is 0 Å². The van der Waals surface area contributed by atoms with E-state index < -0.39 is 0 Å². The molecule has 1 aliphatic heterocycles. The SMILES string of the molecule is CC(C)Nc1ncnc(N(C)C2CCN(C)CC2)c1N. The lowest BCUT2D eigenvalue weighted by atomic mass is 10.0. The second kappa shape index (κ2) is 6.26. The number of likely N-dealkylation sites (tertiary alicyclic amines) is 1. The van der Waals surface area contributed by atoms with Crippen LogP contribution in [-0.4, -0.2) is 54.1 Å². The van der Waals surface area contributed by atoms with Gasteiger partial charge in [-0.25, -0.2) is 9.97 Å². The molecule has 1 saturated heterocycles. The normalized spacial score (nSPS) is 17.4. The van der Waals surface area contributed by atoms with Gasteiger partial charge in [-0.1, -0.05) is 0 Å². The Bertz CT molecular complexity index is 439. The van der Waals surface area contributed by atoms with Gasteiger partial charge in [0.15, 0.2) is 11.6 Å². The van der Waals surface area contributed by atoms with Gasteiger partial charge in [0.25, 0.3) is 0 Å². The van der Waals surface area contributed by atoms with Crippen molar-refractivity contribution in [1.29, 1.82) is 0 Å². The summed E-state index contributed by atoms with van der Waals surface area (Å²) in [6, 6.07) is 0.795. The summed E-state index contributed by atoms with van der Waals surface area (Å²) < 4.78 is 0. The highest BCUT2D eigenvalue weighted by Gasteiger charge is 2.23. The molecule has 2 rings (SSSR count). The van der Waals surface area contributed by atoms with E-state index in [2.05, 4.69) is 53.0 Å². The smallest absolute Gasteiger partial charge is 0.157 e. The molecule has 1 aromatic heterocycles. The molecule has 6 nitrogen and oxygen atoms in total. The first-order valence-corrected chi connectivity index (χ1v) is 7.27. The minimum Gasteiger partial charge on any atom is -0.393 e. The maximum Gasteiger partial charge on any atom is 0.157 e. The molecule has 2 heterocycles. The predicted molar refractivity (Wildman–Crippen MR) is 84.1 cm³/mol. The van der Waals surface area contributed by atoms with E-state index in [1.165, 1.54) is 0 Å². The third-order valence-corrected chi connectivity index (χ3v) is 3.86. The zero-order valence-electron chi connectivity index (χ0n) is 12.9. The summed E-state index contributed by atoms with van der Waals surface area (Å²) in [7, 11) is 4.24. The Morgan fingerprint density at radius 1 is 1.35 bits per heavy atom. The number of nitrogens with zero attached hydrogens (tertiary/aromatic N) is 4. The van der Waals surface area contributed by atoms with E-state index in [0.717, 1.165) is 37.6 Å². The van der Waals surface area contributed by atoms with Crippen molar-refractivity contribution in [2.45, 2.75) is 38.8 Å². The Morgan fingerprint density at radius 3 is 2.60 bits per heavy atom. The van der Waals surface area contributed by atoms with Crippen molar-refractivity contribution in [2.75, 3.05) is 43.1 Å². The molecule has 112 valence electrons. The van der Waals surface area contributed by atoms with E-state index >= 15 is 0 Å². The first kappa shape index (κ1) is 14.8. The first-order valence-electron chi connectivity index (χ1n) is 7.27. The number of aromatic nitrogens is 2. The molecule has 1 aliphatic rings. The third kappa shape index (κ3) is 3.30. The van der Waals surface area contributed by atoms with Crippen LogP contribution in [0.5, 0.6) is 0 Å². The van der Waals surface area contributed by atoms with E-state index in [1.54, 1.807) is 6.33 Å². The Labute approximate surface area is 121 Å². The van der Waals surface area contributed by atoms with E-state index in [1.807, 2.05) is 0 Å². The molecule has 6 heteroatoms. The van der Waals surface area contributed by atoms with Crippen LogP contribution in [0.25, 0.3) is 0 Å². The second-order valence-corrected chi connectivity index (χ2v) is 5.90. The van der Waals surface area contributed by atoms with Crippen molar-refractivity contribution >= 4 is 17.3 Å². The number of hydrogen-bond donors (Lipinski definition) is 2. The van der Waals surface area contributed by atoms with Crippen molar-refractivity contribution in [2.24, 2.45) is 0 Å². The zero-order valence-corrected chi connectivity index (χ0v) is 12.9. The molecular weight excluding hydrogens is 252 g/mol. The van der Waals surface area contributed by atoms with Gasteiger partial charge in [-0.05, 0) is 46.8 Å². The van der Waals surface area contributed by atoms with E-state index in [-0.39, 0.29) is 0 Å². The summed E-state index contributed by atoms with van der Waals surface area (Å²) in [5.41, 5.74) is 6.87. The number of nitrogens with two attached hydrogens (primary N) is 1. The summed E-state index contributed by atoms with van der Waals surface area (Å²) in [5.74, 6) is 1.56. The van der Waals surface area contributed by atoms with Gasteiger partial charge in [0.05, 0.1) is 0 Å². The topological polar surface area (TPSA) is 70.3 Å². The number of hydrogen-bond acceptors (Lipinski definition) is 6. The largest absolute Gasteiger partial charge is 0.393 e. The van der Waals surface area contributed by atoms with Crippen LogP contribution in [0.4, 0.5) is 17.3 Å². The van der Waals surface area contributed by atoms with Gasteiger partial charge in [-0.3, -0.25) is 0 Å². The van der Waals surface area contributed by atoms with Crippen LogP contribution >= 0.6 is 0 Å². The second-order valence-electron chi connectivity index (χ2n) is 5.90. The fourth-order valence-corrected chi connectivity index (χ4v) is 2.61. The van der Waals surface area contributed by atoms with Crippen LogP contribution in [-0.2, 0) is 0 Å². The monoisotopic (exact) mass is 278 g/mol. The molecule has 0 aliphatic carbocycles. The summed E-state index contributed by atoms with van der Waals surface area (Å²) in [6.07, 6.45) is 3.87. The van der Waals surface area contributed by atoms with Crippen LogP contribution in [0.1, 0.15) is 26.7 Å². The molecule has 0 bridgehead atoms. The van der Waals surface area contributed by atoms with Crippen molar-refractivity contribution in [1.82, 2.24) is 14.9 Å². The van der Waals surface area contributed by atoms with Gasteiger partial charge in [0.1, 0.15) is 12.0 Å². The first-order chi connectivity index (χ1) is 9.49. The number of anilines is 3. The maximum absolute atomic E-state index is 6.23. The third-order valence-electron chi connectivity index (χ3n) is 3.86. The Kier molecular flexibility index (Phi) is 4.65. The highest BCUT2D eigenvalue weighted by atomic mass is 15.2. The Morgan fingerprint density at radius 2 is 2.00 bits per heavy atom. The van der Waals surface area contributed by atoms with E-state index in [9.17, 15) is 0 Å². The average molecular weight is 278 g/mol. The maximum atomic E-state index is 6.23. The minimum atomic E-state index is 0.300. The molecule has 1 fully saturated rings. The van der Waals surface area contributed by atoms with Crippen molar-refractivity contribution < 1.29 is 0 Å². The number of piperidine rings is 1. The Hall–Kier alpha value is -1.56. The lowest BCUT2D eigenvalue weighted by Gasteiger charge is -2.36. The highest BCUT2D eigenvalue weighted by Crippen LogP contribution is 2.29. The minimum absolute atomic E-state index is 0.300. The van der Waals surface area contributed by atoms with E-state index in [4.69, 9.17) is 5.73 Å². The van der Waals surface area contributed by atoms with Gasteiger partial charge < -0.3 is 20.9 Å². The van der Waals surface area contributed by atoms with Gasteiger partial charge in [-0.2, -0.15) is 0 Å². The molecule has 0 atom stereocenters. The predicted octanol–water partition coefficient (Wildman–Crippen LogP) is 1.41. The zero-order chi connectivity index (χ0) is 14.7. The van der Waals surface area contributed by atoms with Crippen molar-refractivity contribution in [3.63, 3.8) is 0 Å². The van der Waals surface area contributed by atoms with E-state index in [0.29, 0.717) is 17.8 Å². The molecule has 20 heavy (non-hydrogen) atoms. The van der Waals surface area contributed by atoms with Gasteiger partial charge in [0, 0.05) is 19.1 Å². The molecule has 0 radical (unpaired) electrons. The van der Waals surface area contributed by atoms with Gasteiger partial charge in [0.2, 0.25) is 0 Å². The molecular formula is C14H26N6. The fourth-order valence-electron chi connectivity index (χ4n) is 2.61. The molecule has 0 unspecified atom stereocenters. The molecule has 0 amide bonds. The molecule has 3 N–H and O–H groups in total. The molecule has 0 spiro atoms. The summed E-state index contributed by atoms with van der Waals surface area (Å²) in [5, 5.41) is 3.27. The number of rotatable bonds is 4. The molecule has 1 aromatic rings. The van der Waals surface area contributed by atoms with Crippen molar-refractivity contribution in [3.8, 4) is 0 Å². The van der Waals surface area contributed by atoms with Gasteiger partial charge >= 0.3 is 0 Å².